The quantitative estimate of drug-likeness (QED) is 0.641. The van der Waals surface area contributed by atoms with E-state index >= 15 is 0 Å². The Hall–Kier alpha value is -2.38. The van der Waals surface area contributed by atoms with Crippen LogP contribution in [0.1, 0.15) is 0 Å². The summed E-state index contributed by atoms with van der Waals surface area (Å²) in [6, 6.07) is 0.111. The number of benzene rings is 1. The van der Waals surface area contributed by atoms with E-state index in [0.717, 1.165) is 0 Å². The van der Waals surface area contributed by atoms with Crippen molar-refractivity contribution in [3.63, 3.8) is 0 Å². The van der Waals surface area contributed by atoms with E-state index in [1.807, 2.05) is 5.32 Å². The van der Waals surface area contributed by atoms with Gasteiger partial charge in [0.25, 0.3) is 0 Å². The number of nitrogens with two attached hydrogens (primary N) is 1. The molecule has 2 aromatic rings. The predicted molar refractivity (Wildman–Crippen MR) is 56.0 cm³/mol. The zero-order valence-electron chi connectivity index (χ0n) is 8.72. The predicted octanol–water partition coefficient (Wildman–Crippen LogP) is 2.36. The Morgan fingerprint density at radius 3 is 1.94 bits per heavy atom. The van der Waals surface area contributed by atoms with Gasteiger partial charge < -0.3 is 11.1 Å². The lowest BCUT2D eigenvalue weighted by Gasteiger charge is -2.08. The fraction of sp³-hybridized carbons (Fsp3) is 0. The molecule has 1 aromatic carbocycles. The average molecular weight is 258 g/mol. The molecule has 0 aliphatic rings. The molecule has 3 N–H and O–H groups in total. The smallest absolute Gasteiger partial charge is 0.227 e. The van der Waals surface area contributed by atoms with Gasteiger partial charge in [0.05, 0.1) is 18.1 Å². The molecule has 0 saturated heterocycles. The Morgan fingerprint density at radius 2 is 1.44 bits per heavy atom. The van der Waals surface area contributed by atoms with E-state index in [1.54, 1.807) is 0 Å². The van der Waals surface area contributed by atoms with Crippen LogP contribution in [0.5, 0.6) is 0 Å². The van der Waals surface area contributed by atoms with Crippen LogP contribution >= 0.6 is 0 Å². The van der Waals surface area contributed by atoms with Crippen molar-refractivity contribution in [3.8, 4) is 0 Å². The average Bonchev–Trinajstić information content (AvgIpc) is 2.34. The molecule has 0 amide bonds. The summed E-state index contributed by atoms with van der Waals surface area (Å²) in [7, 11) is 0. The van der Waals surface area contributed by atoms with Crippen LogP contribution in [0.2, 0.25) is 0 Å². The second kappa shape index (κ2) is 4.47. The fourth-order valence-electron chi connectivity index (χ4n) is 1.20. The maximum atomic E-state index is 13.3. The van der Waals surface area contributed by atoms with E-state index in [2.05, 4.69) is 9.97 Å². The molecule has 0 bridgehead atoms. The Bertz CT molecular complexity index is 559. The first-order chi connectivity index (χ1) is 8.49. The maximum absolute atomic E-state index is 13.3. The first-order valence-corrected chi connectivity index (χ1v) is 4.66. The van der Waals surface area contributed by atoms with Crippen molar-refractivity contribution in [3.05, 3.63) is 41.7 Å². The molecule has 94 valence electrons. The molecule has 1 heterocycles. The minimum Gasteiger partial charge on any atom is -0.396 e. The van der Waals surface area contributed by atoms with Crippen LogP contribution in [0, 0.1) is 23.3 Å². The molecule has 2 rings (SSSR count). The number of nitrogens with one attached hydrogen (secondary N) is 1. The van der Waals surface area contributed by atoms with Crippen molar-refractivity contribution in [1.29, 1.82) is 0 Å². The largest absolute Gasteiger partial charge is 0.396 e. The van der Waals surface area contributed by atoms with Gasteiger partial charge in [0.1, 0.15) is 5.69 Å². The summed E-state index contributed by atoms with van der Waals surface area (Å²) in [5.74, 6) is -6.41. The maximum Gasteiger partial charge on any atom is 0.227 e. The fourth-order valence-corrected chi connectivity index (χ4v) is 1.20. The lowest BCUT2D eigenvalue weighted by atomic mass is 10.2. The summed E-state index contributed by atoms with van der Waals surface area (Å²) < 4.78 is 52.4. The van der Waals surface area contributed by atoms with Crippen molar-refractivity contribution >= 4 is 17.3 Å². The highest BCUT2D eigenvalue weighted by atomic mass is 19.2. The van der Waals surface area contributed by atoms with E-state index in [4.69, 9.17) is 5.73 Å². The summed E-state index contributed by atoms with van der Waals surface area (Å²) in [5, 5.41) is 2.04. The molecular formula is C10H6F4N4. The zero-order chi connectivity index (χ0) is 13.3. The highest BCUT2D eigenvalue weighted by Crippen LogP contribution is 2.26. The summed E-state index contributed by atoms with van der Waals surface area (Å²) in [4.78, 5) is 7.18. The van der Waals surface area contributed by atoms with Crippen molar-refractivity contribution < 1.29 is 17.6 Å². The van der Waals surface area contributed by atoms with Gasteiger partial charge in [-0.3, -0.25) is 0 Å². The van der Waals surface area contributed by atoms with Gasteiger partial charge in [0, 0.05) is 6.07 Å². The topological polar surface area (TPSA) is 63.8 Å². The Labute approximate surface area is 98.5 Å². The number of anilines is 3. The molecule has 4 nitrogen and oxygen atoms in total. The molecule has 0 spiro atoms. The number of rotatable bonds is 2. The van der Waals surface area contributed by atoms with Crippen LogP contribution in [-0.4, -0.2) is 9.97 Å². The molecule has 0 radical (unpaired) electrons. The molecule has 0 aliphatic heterocycles. The number of halogens is 4. The Morgan fingerprint density at radius 1 is 0.944 bits per heavy atom. The van der Waals surface area contributed by atoms with E-state index in [9.17, 15) is 17.6 Å². The SMILES string of the molecule is Nc1cnc(Nc2c(F)c(F)cc(F)c2F)nc1. The van der Waals surface area contributed by atoms with Crippen molar-refractivity contribution in [2.24, 2.45) is 0 Å². The molecular weight excluding hydrogens is 252 g/mol. The van der Waals surface area contributed by atoms with Gasteiger partial charge in [-0.25, -0.2) is 27.5 Å². The summed E-state index contributed by atoms with van der Waals surface area (Å²) in [6.07, 6.45) is 2.33. The molecule has 1 aromatic heterocycles. The third-order valence-corrected chi connectivity index (χ3v) is 2.02. The van der Waals surface area contributed by atoms with Gasteiger partial charge in [0.2, 0.25) is 5.95 Å². The van der Waals surface area contributed by atoms with Gasteiger partial charge in [-0.1, -0.05) is 0 Å². The monoisotopic (exact) mass is 258 g/mol. The first kappa shape index (κ1) is 12.1. The summed E-state index contributed by atoms with van der Waals surface area (Å²) in [5.41, 5.74) is 4.53. The van der Waals surface area contributed by atoms with Crippen LogP contribution < -0.4 is 11.1 Å². The van der Waals surface area contributed by atoms with Crippen LogP contribution in [-0.2, 0) is 0 Å². The van der Waals surface area contributed by atoms with E-state index in [1.165, 1.54) is 12.4 Å². The van der Waals surface area contributed by atoms with Gasteiger partial charge in [0.15, 0.2) is 23.3 Å². The van der Waals surface area contributed by atoms with Gasteiger partial charge in [-0.05, 0) is 0 Å². The number of nitrogen functional groups attached to an aromatic ring is 1. The van der Waals surface area contributed by atoms with Crippen molar-refractivity contribution in [2.45, 2.75) is 0 Å². The Kier molecular flexibility index (Phi) is 3.00. The number of hydrogen-bond acceptors (Lipinski definition) is 4. The lowest BCUT2D eigenvalue weighted by molar-refractivity contribution is 0.459. The second-order valence-corrected chi connectivity index (χ2v) is 3.31. The van der Waals surface area contributed by atoms with Gasteiger partial charge in [-0.15, -0.1) is 0 Å². The minimum absolute atomic E-state index is 0.111. The molecule has 0 aliphatic carbocycles. The molecule has 8 heteroatoms. The Balaban J connectivity index is 2.42. The second-order valence-electron chi connectivity index (χ2n) is 3.31. The minimum atomic E-state index is -1.56. The van der Waals surface area contributed by atoms with Gasteiger partial charge >= 0.3 is 0 Å². The van der Waals surface area contributed by atoms with Crippen molar-refractivity contribution in [2.75, 3.05) is 11.1 Å². The molecule has 0 saturated carbocycles. The van der Waals surface area contributed by atoms with Crippen LogP contribution in [0.15, 0.2) is 18.5 Å². The number of aromatic nitrogens is 2. The lowest BCUT2D eigenvalue weighted by Crippen LogP contribution is -2.05. The third-order valence-electron chi connectivity index (χ3n) is 2.02. The third kappa shape index (κ3) is 2.17. The van der Waals surface area contributed by atoms with Gasteiger partial charge in [-0.2, -0.15) is 0 Å². The van der Waals surface area contributed by atoms with Crippen LogP contribution in [0.3, 0.4) is 0 Å². The molecule has 0 atom stereocenters. The molecule has 18 heavy (non-hydrogen) atoms. The number of nitrogens with zero attached hydrogens (tertiary/aromatic N) is 2. The molecule has 0 unspecified atom stereocenters. The van der Waals surface area contributed by atoms with E-state index in [-0.39, 0.29) is 17.7 Å². The van der Waals surface area contributed by atoms with Crippen molar-refractivity contribution in [1.82, 2.24) is 9.97 Å². The van der Waals surface area contributed by atoms with E-state index in [0.29, 0.717) is 0 Å². The standard InChI is InChI=1S/C10H6F4N4/c11-5-1-6(12)8(14)9(7(5)13)18-10-16-2-4(15)3-17-10/h1-3H,15H2,(H,16,17,18). The first-order valence-electron chi connectivity index (χ1n) is 4.66. The van der Waals surface area contributed by atoms with E-state index < -0.39 is 29.0 Å². The summed E-state index contributed by atoms with van der Waals surface area (Å²) >= 11 is 0. The highest BCUT2D eigenvalue weighted by Gasteiger charge is 2.19. The van der Waals surface area contributed by atoms with Crippen LogP contribution in [0.25, 0.3) is 0 Å². The van der Waals surface area contributed by atoms with Crippen LogP contribution in [0.4, 0.5) is 34.9 Å². The summed E-state index contributed by atoms with van der Waals surface area (Å²) in [6.45, 7) is 0. The normalized spacial score (nSPS) is 10.4. The molecule has 0 fully saturated rings. The number of hydrogen-bond donors (Lipinski definition) is 2. The zero-order valence-corrected chi connectivity index (χ0v) is 8.72. The highest BCUT2D eigenvalue weighted by molar-refractivity contribution is 5.56.